The number of carbonyl (C=O) groups is 1. The van der Waals surface area contributed by atoms with Crippen molar-refractivity contribution in [3.8, 4) is 0 Å². The van der Waals surface area contributed by atoms with Gasteiger partial charge in [0.2, 0.25) is 5.91 Å². The summed E-state index contributed by atoms with van der Waals surface area (Å²) in [5, 5.41) is 12.3. The van der Waals surface area contributed by atoms with Gasteiger partial charge in [0, 0.05) is 12.1 Å². The van der Waals surface area contributed by atoms with E-state index in [1.54, 1.807) is 19.1 Å². The number of rotatable bonds is 6. The summed E-state index contributed by atoms with van der Waals surface area (Å²) in [5.74, 6) is -0.411. The summed E-state index contributed by atoms with van der Waals surface area (Å²) in [6.45, 7) is 3.18. The second-order valence-electron chi connectivity index (χ2n) is 3.88. The Labute approximate surface area is 95.5 Å². The zero-order chi connectivity index (χ0) is 12.0. The smallest absolute Gasteiger partial charge is 0.248 e. The third kappa shape index (κ3) is 4.42. The molecule has 1 amide bonds. The van der Waals surface area contributed by atoms with E-state index in [-0.39, 0.29) is 6.10 Å². The first-order valence-corrected chi connectivity index (χ1v) is 5.37. The van der Waals surface area contributed by atoms with Crippen LogP contribution in [0, 0.1) is 0 Å². The molecule has 0 saturated heterocycles. The van der Waals surface area contributed by atoms with Gasteiger partial charge in [0.15, 0.2) is 0 Å². The summed E-state index contributed by atoms with van der Waals surface area (Å²) in [7, 11) is 0. The Balaban J connectivity index is 2.42. The van der Waals surface area contributed by atoms with Gasteiger partial charge in [-0.3, -0.25) is 4.79 Å². The number of carbonyl (C=O) groups excluding carboxylic acids is 1. The van der Waals surface area contributed by atoms with Gasteiger partial charge in [-0.15, -0.1) is 0 Å². The van der Waals surface area contributed by atoms with Crippen LogP contribution >= 0.6 is 0 Å². The fourth-order valence-corrected chi connectivity index (χ4v) is 1.38. The van der Waals surface area contributed by atoms with Crippen LogP contribution in [0.1, 0.15) is 29.3 Å². The van der Waals surface area contributed by atoms with Crippen molar-refractivity contribution in [2.75, 3.05) is 6.54 Å². The molecule has 0 radical (unpaired) electrons. The number of nitrogens with two attached hydrogens (primary N) is 1. The molecule has 0 fully saturated rings. The molecule has 0 aromatic heterocycles. The molecule has 0 spiro atoms. The van der Waals surface area contributed by atoms with E-state index in [0.29, 0.717) is 12.1 Å². The van der Waals surface area contributed by atoms with E-state index in [4.69, 9.17) is 10.8 Å². The van der Waals surface area contributed by atoms with Crippen LogP contribution in [0.5, 0.6) is 0 Å². The van der Waals surface area contributed by atoms with Gasteiger partial charge in [-0.2, -0.15) is 0 Å². The quantitative estimate of drug-likeness (QED) is 0.618. The molecule has 1 rings (SSSR count). The molecule has 1 aromatic carbocycles. The summed E-state index contributed by atoms with van der Waals surface area (Å²) in [6, 6.07) is 7.22. The number of aliphatic hydroxyl groups is 1. The van der Waals surface area contributed by atoms with Crippen molar-refractivity contribution in [1.82, 2.24) is 5.32 Å². The van der Waals surface area contributed by atoms with Gasteiger partial charge >= 0.3 is 0 Å². The molecule has 1 atom stereocenters. The van der Waals surface area contributed by atoms with Gasteiger partial charge < -0.3 is 16.2 Å². The first-order valence-electron chi connectivity index (χ1n) is 5.37. The minimum Gasteiger partial charge on any atom is -0.393 e. The highest BCUT2D eigenvalue weighted by Gasteiger charge is 2.01. The lowest BCUT2D eigenvalue weighted by Crippen LogP contribution is -2.19. The molecular weight excluding hydrogens is 204 g/mol. The summed E-state index contributed by atoms with van der Waals surface area (Å²) in [4.78, 5) is 10.9. The monoisotopic (exact) mass is 222 g/mol. The van der Waals surface area contributed by atoms with Crippen LogP contribution in [0.15, 0.2) is 24.3 Å². The summed E-state index contributed by atoms with van der Waals surface area (Å²) >= 11 is 0. The SMILES string of the molecule is CC(O)CCNCc1cccc(C(N)=O)c1. The van der Waals surface area contributed by atoms with Crippen LogP contribution in [-0.4, -0.2) is 23.7 Å². The highest BCUT2D eigenvalue weighted by molar-refractivity contribution is 5.92. The number of amides is 1. The molecule has 16 heavy (non-hydrogen) atoms. The zero-order valence-electron chi connectivity index (χ0n) is 9.44. The van der Waals surface area contributed by atoms with Gasteiger partial charge in [0.1, 0.15) is 0 Å². The van der Waals surface area contributed by atoms with Crippen LogP contribution in [0.2, 0.25) is 0 Å². The van der Waals surface area contributed by atoms with E-state index in [1.807, 2.05) is 12.1 Å². The van der Waals surface area contributed by atoms with Crippen molar-refractivity contribution >= 4 is 5.91 Å². The van der Waals surface area contributed by atoms with E-state index < -0.39 is 5.91 Å². The topological polar surface area (TPSA) is 75.3 Å². The molecule has 0 aliphatic carbocycles. The standard InChI is InChI=1S/C12H18N2O2/c1-9(15)5-6-14-8-10-3-2-4-11(7-10)12(13)16/h2-4,7,9,14-15H,5-6,8H2,1H3,(H2,13,16). The van der Waals surface area contributed by atoms with Crippen LogP contribution in [-0.2, 0) is 6.54 Å². The molecule has 1 aromatic rings. The fourth-order valence-electron chi connectivity index (χ4n) is 1.38. The van der Waals surface area contributed by atoms with Crippen LogP contribution in [0.3, 0.4) is 0 Å². The first-order chi connectivity index (χ1) is 7.59. The van der Waals surface area contributed by atoms with Gasteiger partial charge in [0.25, 0.3) is 0 Å². The molecular formula is C12H18N2O2. The Hall–Kier alpha value is -1.39. The molecule has 0 saturated carbocycles. The van der Waals surface area contributed by atoms with Crippen molar-refractivity contribution in [2.24, 2.45) is 5.73 Å². The molecule has 0 heterocycles. The largest absolute Gasteiger partial charge is 0.393 e. The Kier molecular flexibility index (Phi) is 4.95. The molecule has 0 bridgehead atoms. The van der Waals surface area contributed by atoms with Crippen molar-refractivity contribution < 1.29 is 9.90 Å². The molecule has 4 N–H and O–H groups in total. The van der Waals surface area contributed by atoms with E-state index >= 15 is 0 Å². The van der Waals surface area contributed by atoms with Crippen LogP contribution in [0.25, 0.3) is 0 Å². The number of hydrogen-bond acceptors (Lipinski definition) is 3. The predicted octanol–water partition coefficient (Wildman–Crippen LogP) is 0.646. The highest BCUT2D eigenvalue weighted by atomic mass is 16.3. The summed E-state index contributed by atoms with van der Waals surface area (Å²) < 4.78 is 0. The van der Waals surface area contributed by atoms with Gasteiger partial charge in [0.05, 0.1) is 6.10 Å². The van der Waals surface area contributed by atoms with Gasteiger partial charge in [-0.05, 0) is 37.6 Å². The van der Waals surface area contributed by atoms with Gasteiger partial charge in [-0.25, -0.2) is 0 Å². The Bertz CT molecular complexity index is 351. The van der Waals surface area contributed by atoms with Crippen molar-refractivity contribution in [3.05, 3.63) is 35.4 Å². The van der Waals surface area contributed by atoms with Crippen LogP contribution in [0.4, 0.5) is 0 Å². The average molecular weight is 222 g/mol. The minimum absolute atomic E-state index is 0.288. The maximum Gasteiger partial charge on any atom is 0.248 e. The lowest BCUT2D eigenvalue weighted by molar-refractivity contribution is 0.1000. The minimum atomic E-state index is -0.411. The van der Waals surface area contributed by atoms with Gasteiger partial charge in [-0.1, -0.05) is 12.1 Å². The molecule has 0 aliphatic rings. The van der Waals surface area contributed by atoms with E-state index in [9.17, 15) is 4.79 Å². The number of hydrogen-bond donors (Lipinski definition) is 3. The number of benzene rings is 1. The lowest BCUT2D eigenvalue weighted by atomic mass is 10.1. The van der Waals surface area contributed by atoms with Crippen LogP contribution < -0.4 is 11.1 Å². The average Bonchev–Trinajstić information content (AvgIpc) is 2.24. The number of aliphatic hydroxyl groups excluding tert-OH is 1. The third-order valence-corrected chi connectivity index (χ3v) is 2.28. The van der Waals surface area contributed by atoms with E-state index in [2.05, 4.69) is 5.32 Å². The highest BCUT2D eigenvalue weighted by Crippen LogP contribution is 2.04. The van der Waals surface area contributed by atoms with Crippen molar-refractivity contribution in [3.63, 3.8) is 0 Å². The Morgan fingerprint density at radius 3 is 2.94 bits per heavy atom. The van der Waals surface area contributed by atoms with Crippen molar-refractivity contribution in [1.29, 1.82) is 0 Å². The number of nitrogens with one attached hydrogen (secondary N) is 1. The lowest BCUT2D eigenvalue weighted by Gasteiger charge is -2.07. The second-order valence-corrected chi connectivity index (χ2v) is 3.88. The summed E-state index contributed by atoms with van der Waals surface area (Å²) in [6.07, 6.45) is 0.430. The molecule has 4 nitrogen and oxygen atoms in total. The third-order valence-electron chi connectivity index (χ3n) is 2.28. The molecule has 1 unspecified atom stereocenters. The molecule has 0 aliphatic heterocycles. The Morgan fingerprint density at radius 2 is 2.31 bits per heavy atom. The maximum absolute atomic E-state index is 10.9. The first kappa shape index (κ1) is 12.7. The Morgan fingerprint density at radius 1 is 1.56 bits per heavy atom. The predicted molar refractivity (Wildman–Crippen MR) is 63.0 cm³/mol. The second kappa shape index (κ2) is 6.25. The number of primary amides is 1. The maximum atomic E-state index is 10.9. The molecule has 4 heteroatoms. The van der Waals surface area contributed by atoms with E-state index in [1.165, 1.54) is 0 Å². The fraction of sp³-hybridized carbons (Fsp3) is 0.417. The normalized spacial score (nSPS) is 12.4. The molecule has 88 valence electrons. The van der Waals surface area contributed by atoms with E-state index in [0.717, 1.165) is 18.5 Å². The summed E-state index contributed by atoms with van der Waals surface area (Å²) in [5.41, 5.74) is 6.72. The van der Waals surface area contributed by atoms with Crippen molar-refractivity contribution in [2.45, 2.75) is 26.0 Å². The zero-order valence-corrected chi connectivity index (χ0v) is 9.44.